The first-order chi connectivity index (χ1) is 18.1. The van der Waals surface area contributed by atoms with Gasteiger partial charge in [0.05, 0.1) is 16.8 Å². The molecule has 1 unspecified atom stereocenters. The molecule has 194 valence electrons. The second-order valence-corrected chi connectivity index (χ2v) is 11.0. The molecule has 0 amide bonds. The maximum absolute atomic E-state index is 13.7. The molecule has 0 saturated carbocycles. The molecule has 38 heavy (non-hydrogen) atoms. The van der Waals surface area contributed by atoms with Gasteiger partial charge in [-0.25, -0.2) is 9.78 Å². The molecule has 4 N–H and O–H groups in total. The van der Waals surface area contributed by atoms with Gasteiger partial charge in [0.1, 0.15) is 0 Å². The van der Waals surface area contributed by atoms with Crippen molar-refractivity contribution in [1.29, 1.82) is 0 Å². The van der Waals surface area contributed by atoms with Crippen molar-refractivity contribution in [2.24, 2.45) is 11.3 Å². The predicted octanol–water partition coefficient (Wildman–Crippen LogP) is 5.74. The Kier molecular flexibility index (Phi) is 6.75. The number of esters is 1. The molecule has 8 nitrogen and oxygen atoms in total. The van der Waals surface area contributed by atoms with Crippen molar-refractivity contribution in [3.05, 3.63) is 81.8 Å². The summed E-state index contributed by atoms with van der Waals surface area (Å²) in [6, 6.07) is 15.3. The molecular weight excluding hydrogens is 500 g/mol. The molecule has 4 aromatic rings. The van der Waals surface area contributed by atoms with E-state index in [-0.39, 0.29) is 35.7 Å². The fourth-order valence-electron chi connectivity index (χ4n) is 4.89. The highest BCUT2D eigenvalue weighted by Crippen LogP contribution is 2.45. The topological polar surface area (TPSA) is 130 Å². The van der Waals surface area contributed by atoms with E-state index in [9.17, 15) is 4.79 Å². The van der Waals surface area contributed by atoms with Crippen LogP contribution in [0.15, 0.2) is 48.5 Å². The molecular formula is C29H29ClN6O2. The van der Waals surface area contributed by atoms with Gasteiger partial charge in [-0.3, -0.25) is 0 Å². The molecule has 2 aromatic heterocycles. The number of nitrogens with two attached hydrogens (primary N) is 2. The SMILES string of the molecule is CC(C)(C)C1C/C(=C\c2cccc(Cl)c2)c2nc3ccccc3c(C(=O)OCc3nc(N)nc(N)n3)c2C1. The lowest BCUT2D eigenvalue weighted by atomic mass is 9.69. The number of nitrogens with zero attached hydrogens (tertiary/aromatic N) is 4. The number of ether oxygens (including phenoxy) is 1. The molecule has 0 bridgehead atoms. The van der Waals surface area contributed by atoms with Crippen molar-refractivity contribution < 1.29 is 9.53 Å². The zero-order chi connectivity index (χ0) is 27.0. The minimum absolute atomic E-state index is 0.00212. The molecule has 1 aliphatic carbocycles. The Morgan fingerprint density at radius 3 is 2.47 bits per heavy atom. The Hall–Kier alpha value is -4.04. The van der Waals surface area contributed by atoms with Crippen LogP contribution in [0.4, 0.5) is 11.9 Å². The summed E-state index contributed by atoms with van der Waals surface area (Å²) in [5.74, 6) is -0.0740. The van der Waals surface area contributed by atoms with E-state index in [1.54, 1.807) is 0 Å². The van der Waals surface area contributed by atoms with Gasteiger partial charge in [0.2, 0.25) is 11.9 Å². The number of rotatable bonds is 4. The molecule has 5 rings (SSSR count). The molecule has 0 saturated heterocycles. The highest BCUT2D eigenvalue weighted by Gasteiger charge is 2.35. The fourth-order valence-corrected chi connectivity index (χ4v) is 5.09. The summed E-state index contributed by atoms with van der Waals surface area (Å²) in [7, 11) is 0. The molecule has 1 atom stereocenters. The fraction of sp³-hybridized carbons (Fsp3) is 0.276. The highest BCUT2D eigenvalue weighted by molar-refractivity contribution is 6.30. The van der Waals surface area contributed by atoms with Gasteiger partial charge < -0.3 is 16.2 Å². The van der Waals surface area contributed by atoms with Crippen LogP contribution in [0.5, 0.6) is 0 Å². The highest BCUT2D eigenvalue weighted by atomic mass is 35.5. The van der Waals surface area contributed by atoms with Gasteiger partial charge in [-0.1, -0.05) is 62.7 Å². The second-order valence-electron chi connectivity index (χ2n) is 10.6. The maximum atomic E-state index is 13.7. The lowest BCUT2D eigenvalue weighted by Crippen LogP contribution is -2.28. The van der Waals surface area contributed by atoms with Crippen LogP contribution in [-0.2, 0) is 17.8 Å². The van der Waals surface area contributed by atoms with E-state index in [0.29, 0.717) is 17.0 Å². The summed E-state index contributed by atoms with van der Waals surface area (Å²) < 4.78 is 5.72. The molecule has 0 aliphatic heterocycles. The van der Waals surface area contributed by atoms with Crippen molar-refractivity contribution in [3.63, 3.8) is 0 Å². The van der Waals surface area contributed by atoms with Crippen LogP contribution in [-0.4, -0.2) is 25.9 Å². The lowest BCUT2D eigenvalue weighted by Gasteiger charge is -2.36. The van der Waals surface area contributed by atoms with Gasteiger partial charge >= 0.3 is 5.97 Å². The first kappa shape index (κ1) is 25.6. The lowest BCUT2D eigenvalue weighted by molar-refractivity contribution is 0.0462. The van der Waals surface area contributed by atoms with E-state index in [2.05, 4.69) is 41.8 Å². The minimum Gasteiger partial charge on any atom is -0.454 e. The predicted molar refractivity (Wildman–Crippen MR) is 150 cm³/mol. The Bertz CT molecular complexity index is 1560. The summed E-state index contributed by atoms with van der Waals surface area (Å²) in [5.41, 5.74) is 16.3. The minimum atomic E-state index is -0.478. The van der Waals surface area contributed by atoms with Crippen LogP contribution >= 0.6 is 11.6 Å². The average Bonchev–Trinajstić information content (AvgIpc) is 2.85. The average molecular weight is 529 g/mol. The summed E-state index contributed by atoms with van der Waals surface area (Å²) in [5, 5.41) is 1.40. The first-order valence-corrected chi connectivity index (χ1v) is 12.8. The largest absolute Gasteiger partial charge is 0.454 e. The van der Waals surface area contributed by atoms with E-state index in [0.717, 1.165) is 39.7 Å². The van der Waals surface area contributed by atoms with E-state index in [4.69, 9.17) is 32.8 Å². The van der Waals surface area contributed by atoms with Crippen LogP contribution in [0.2, 0.25) is 5.02 Å². The number of anilines is 2. The van der Waals surface area contributed by atoms with E-state index >= 15 is 0 Å². The molecule has 0 radical (unpaired) electrons. The monoisotopic (exact) mass is 528 g/mol. The quantitative estimate of drug-likeness (QED) is 0.320. The van der Waals surface area contributed by atoms with Gasteiger partial charge in [0.25, 0.3) is 0 Å². The number of benzene rings is 2. The van der Waals surface area contributed by atoms with Gasteiger partial charge in [-0.05, 0) is 65.1 Å². The van der Waals surface area contributed by atoms with Crippen LogP contribution in [0.3, 0.4) is 0 Å². The summed E-state index contributed by atoms with van der Waals surface area (Å²) >= 11 is 6.28. The Morgan fingerprint density at radius 2 is 1.76 bits per heavy atom. The van der Waals surface area contributed by atoms with Gasteiger partial charge in [0, 0.05) is 10.4 Å². The normalized spacial score (nSPS) is 16.4. The van der Waals surface area contributed by atoms with E-state index < -0.39 is 5.97 Å². The van der Waals surface area contributed by atoms with Crippen LogP contribution in [0, 0.1) is 11.3 Å². The number of carbonyl (C=O) groups is 1. The molecule has 1 aliphatic rings. The maximum Gasteiger partial charge on any atom is 0.339 e. The summed E-state index contributed by atoms with van der Waals surface area (Å²) in [6.07, 6.45) is 3.64. The molecule has 9 heteroatoms. The zero-order valence-electron chi connectivity index (χ0n) is 21.5. The number of halogens is 1. The number of aromatic nitrogens is 4. The van der Waals surface area contributed by atoms with Crippen molar-refractivity contribution in [3.8, 4) is 0 Å². The standard InChI is InChI=1S/C29H29ClN6O2/c1-29(2,3)18-13-17(11-16-7-6-8-19(30)12-16)25-21(14-18)24(20-9-4-5-10-22(20)33-25)26(37)38-15-23-34-27(31)36-28(32)35-23/h4-12,18H,13-15H2,1-3H3,(H4,31,32,34,35,36)/b17-11+. The van der Waals surface area contributed by atoms with E-state index in [1.165, 1.54) is 0 Å². The van der Waals surface area contributed by atoms with Gasteiger partial charge in [-0.15, -0.1) is 0 Å². The second kappa shape index (κ2) is 10.0. The van der Waals surface area contributed by atoms with Crippen LogP contribution in [0.1, 0.15) is 60.2 Å². The number of nitrogen functional groups attached to an aromatic ring is 2. The van der Waals surface area contributed by atoms with E-state index in [1.807, 2.05) is 48.5 Å². The molecule has 2 heterocycles. The third-order valence-corrected chi connectivity index (χ3v) is 7.12. The van der Waals surface area contributed by atoms with Crippen molar-refractivity contribution in [2.75, 3.05) is 11.5 Å². The Balaban J connectivity index is 1.64. The van der Waals surface area contributed by atoms with Gasteiger partial charge in [0.15, 0.2) is 12.4 Å². The first-order valence-electron chi connectivity index (χ1n) is 12.4. The molecule has 2 aromatic carbocycles. The number of hydrogen-bond acceptors (Lipinski definition) is 8. The number of pyridine rings is 1. The molecule has 0 spiro atoms. The third-order valence-electron chi connectivity index (χ3n) is 6.88. The van der Waals surface area contributed by atoms with Crippen LogP contribution < -0.4 is 11.5 Å². The number of allylic oxidation sites excluding steroid dienone is 1. The van der Waals surface area contributed by atoms with Crippen molar-refractivity contribution in [2.45, 2.75) is 40.2 Å². The van der Waals surface area contributed by atoms with Crippen LogP contribution in [0.25, 0.3) is 22.6 Å². The van der Waals surface area contributed by atoms with Gasteiger partial charge in [-0.2, -0.15) is 15.0 Å². The smallest absolute Gasteiger partial charge is 0.339 e. The summed E-state index contributed by atoms with van der Waals surface area (Å²) in [4.78, 5) is 30.6. The zero-order valence-corrected chi connectivity index (χ0v) is 22.3. The number of fused-ring (bicyclic) bond motifs is 2. The molecule has 0 fully saturated rings. The number of hydrogen-bond donors (Lipinski definition) is 2. The number of para-hydroxylation sites is 1. The van der Waals surface area contributed by atoms with Crippen molar-refractivity contribution >= 4 is 52.0 Å². The third kappa shape index (κ3) is 5.31. The number of carbonyl (C=O) groups excluding carboxylic acids is 1. The summed E-state index contributed by atoms with van der Waals surface area (Å²) in [6.45, 7) is 6.49. The Labute approximate surface area is 226 Å². The Morgan fingerprint density at radius 1 is 1.03 bits per heavy atom. The van der Waals surface area contributed by atoms with Crippen molar-refractivity contribution in [1.82, 2.24) is 19.9 Å².